The maximum Gasteiger partial charge on any atom is 0.227 e. The molecule has 2 unspecified atom stereocenters. The molecule has 6 heteroatoms. The Balaban J connectivity index is 1.78. The first-order valence-electron chi connectivity index (χ1n) is 8.03. The number of rotatable bonds is 4. The van der Waals surface area contributed by atoms with Gasteiger partial charge in [0.1, 0.15) is 5.75 Å². The maximum atomic E-state index is 13.5. The van der Waals surface area contributed by atoms with Gasteiger partial charge in [-0.25, -0.2) is 8.78 Å². The van der Waals surface area contributed by atoms with E-state index in [9.17, 15) is 18.7 Å². The Hall–Kier alpha value is -2.47. The fourth-order valence-electron chi connectivity index (χ4n) is 3.14. The molecule has 1 amide bonds. The highest BCUT2D eigenvalue weighted by Crippen LogP contribution is 2.33. The molecule has 4 nitrogen and oxygen atoms in total. The molecule has 1 aliphatic rings. The first kappa shape index (κ1) is 17.4. The number of carbonyl (C=O) groups excluding carboxylic acids is 1. The topological polar surface area (TPSA) is 49.8 Å². The van der Waals surface area contributed by atoms with Gasteiger partial charge in [-0.2, -0.15) is 0 Å². The van der Waals surface area contributed by atoms with E-state index < -0.39 is 23.8 Å². The van der Waals surface area contributed by atoms with Crippen molar-refractivity contribution in [1.82, 2.24) is 4.90 Å². The van der Waals surface area contributed by atoms with Crippen LogP contribution in [-0.4, -0.2) is 35.7 Å². The van der Waals surface area contributed by atoms with Crippen molar-refractivity contribution in [2.24, 2.45) is 0 Å². The van der Waals surface area contributed by atoms with E-state index >= 15 is 0 Å². The van der Waals surface area contributed by atoms with Gasteiger partial charge in [0.15, 0.2) is 11.6 Å². The van der Waals surface area contributed by atoms with E-state index in [1.54, 1.807) is 31.4 Å². The molecule has 0 saturated carbocycles. The molecule has 2 aromatic carbocycles. The van der Waals surface area contributed by atoms with Crippen molar-refractivity contribution in [1.29, 1.82) is 0 Å². The van der Waals surface area contributed by atoms with Crippen LogP contribution in [-0.2, 0) is 11.2 Å². The fourth-order valence-corrected chi connectivity index (χ4v) is 3.14. The lowest BCUT2D eigenvalue weighted by Gasteiger charge is -2.25. The number of halogens is 2. The van der Waals surface area contributed by atoms with Gasteiger partial charge in [-0.05, 0) is 41.8 Å². The quantitative estimate of drug-likeness (QED) is 0.925. The van der Waals surface area contributed by atoms with Crippen LogP contribution >= 0.6 is 0 Å². The molecule has 0 aliphatic carbocycles. The first-order valence-corrected chi connectivity index (χ1v) is 8.03. The van der Waals surface area contributed by atoms with Crippen LogP contribution in [0.1, 0.15) is 23.6 Å². The third-order valence-electron chi connectivity index (χ3n) is 4.44. The first-order chi connectivity index (χ1) is 12.0. The molecule has 0 aromatic heterocycles. The van der Waals surface area contributed by atoms with Crippen molar-refractivity contribution in [2.75, 3.05) is 13.7 Å². The second-order valence-corrected chi connectivity index (χ2v) is 6.15. The Morgan fingerprint density at radius 3 is 2.56 bits per heavy atom. The molecule has 1 saturated heterocycles. The third-order valence-corrected chi connectivity index (χ3v) is 4.44. The van der Waals surface area contributed by atoms with Crippen molar-refractivity contribution in [3.8, 4) is 5.75 Å². The van der Waals surface area contributed by atoms with Gasteiger partial charge in [0.05, 0.1) is 25.7 Å². The number of carbonyl (C=O) groups is 1. The number of benzene rings is 2. The van der Waals surface area contributed by atoms with Crippen molar-refractivity contribution < 1.29 is 23.4 Å². The predicted octanol–water partition coefficient (Wildman–Crippen LogP) is 2.85. The summed E-state index contributed by atoms with van der Waals surface area (Å²) in [5.74, 6) is -1.36. The van der Waals surface area contributed by atoms with Crippen LogP contribution in [0.25, 0.3) is 0 Å². The largest absolute Gasteiger partial charge is 0.497 e. The zero-order chi connectivity index (χ0) is 18.0. The highest BCUT2D eigenvalue weighted by atomic mass is 19.2. The summed E-state index contributed by atoms with van der Waals surface area (Å²) in [7, 11) is 1.57. The summed E-state index contributed by atoms with van der Waals surface area (Å²) in [4.78, 5) is 14.2. The van der Waals surface area contributed by atoms with Crippen LogP contribution in [0.4, 0.5) is 8.78 Å². The van der Waals surface area contributed by atoms with E-state index in [-0.39, 0.29) is 18.9 Å². The van der Waals surface area contributed by atoms with Gasteiger partial charge in [-0.3, -0.25) is 4.79 Å². The summed E-state index contributed by atoms with van der Waals surface area (Å²) in [5, 5.41) is 9.96. The van der Waals surface area contributed by atoms with Crippen LogP contribution in [0.15, 0.2) is 42.5 Å². The molecular formula is C19H19F2NO3. The van der Waals surface area contributed by atoms with E-state index in [1.807, 2.05) is 0 Å². The number of nitrogens with zero attached hydrogens (tertiary/aromatic N) is 1. The highest BCUT2D eigenvalue weighted by Gasteiger charge is 2.35. The van der Waals surface area contributed by atoms with Crippen molar-refractivity contribution in [3.63, 3.8) is 0 Å². The van der Waals surface area contributed by atoms with E-state index in [0.717, 1.165) is 17.7 Å². The lowest BCUT2D eigenvalue weighted by Crippen LogP contribution is -2.33. The molecule has 2 aromatic rings. The number of aliphatic hydroxyl groups is 1. The second-order valence-electron chi connectivity index (χ2n) is 6.15. The number of methoxy groups -OCH3 is 1. The summed E-state index contributed by atoms with van der Waals surface area (Å²) in [5.41, 5.74) is 1.30. The molecular weight excluding hydrogens is 328 g/mol. The molecule has 25 heavy (non-hydrogen) atoms. The average molecular weight is 347 g/mol. The lowest BCUT2D eigenvalue weighted by atomic mass is 10.0. The molecule has 2 atom stereocenters. The standard InChI is InChI=1S/C19H19F2NO3/c1-25-15-5-2-12(3-6-15)8-19(24)22-11-14(23)10-18(22)13-4-7-16(20)17(21)9-13/h2-7,9,14,18,23H,8,10-11H2,1H3. The molecule has 0 radical (unpaired) electrons. The zero-order valence-corrected chi connectivity index (χ0v) is 13.8. The molecule has 132 valence electrons. The van der Waals surface area contributed by atoms with Gasteiger partial charge in [-0.15, -0.1) is 0 Å². The van der Waals surface area contributed by atoms with E-state index in [4.69, 9.17) is 4.74 Å². The van der Waals surface area contributed by atoms with Crippen LogP contribution in [0.5, 0.6) is 5.75 Å². The number of β-amino-alcohol motifs (C(OH)–C–C–N with tert-alkyl or cyclic N) is 1. The van der Waals surface area contributed by atoms with Gasteiger partial charge in [-0.1, -0.05) is 18.2 Å². The van der Waals surface area contributed by atoms with E-state index in [1.165, 1.54) is 11.0 Å². The smallest absolute Gasteiger partial charge is 0.227 e. The Labute approximate surface area is 144 Å². The SMILES string of the molecule is COc1ccc(CC(=O)N2CC(O)CC2c2ccc(F)c(F)c2)cc1. The Morgan fingerprint density at radius 1 is 1.20 bits per heavy atom. The van der Waals surface area contributed by atoms with Crippen LogP contribution in [0, 0.1) is 11.6 Å². The summed E-state index contributed by atoms with van der Waals surface area (Å²) < 4.78 is 31.8. The minimum atomic E-state index is -0.957. The van der Waals surface area contributed by atoms with Crippen molar-refractivity contribution >= 4 is 5.91 Å². The number of likely N-dealkylation sites (tertiary alicyclic amines) is 1. The van der Waals surface area contributed by atoms with Crippen LogP contribution < -0.4 is 4.74 Å². The number of ether oxygens (including phenoxy) is 1. The van der Waals surface area contributed by atoms with E-state index in [2.05, 4.69) is 0 Å². The predicted molar refractivity (Wildman–Crippen MR) is 88.1 cm³/mol. The minimum absolute atomic E-state index is 0.164. The minimum Gasteiger partial charge on any atom is -0.497 e. The molecule has 0 spiro atoms. The molecule has 3 rings (SSSR count). The lowest BCUT2D eigenvalue weighted by molar-refractivity contribution is -0.131. The van der Waals surface area contributed by atoms with Crippen molar-refractivity contribution in [2.45, 2.75) is 25.0 Å². The normalized spacial score (nSPS) is 19.9. The maximum absolute atomic E-state index is 13.5. The Bertz CT molecular complexity index is 764. The summed E-state index contributed by atoms with van der Waals surface area (Å²) >= 11 is 0. The number of amides is 1. The van der Waals surface area contributed by atoms with Gasteiger partial charge in [0.2, 0.25) is 5.91 Å². The fraction of sp³-hybridized carbons (Fsp3) is 0.316. The number of hydrogen-bond donors (Lipinski definition) is 1. The molecule has 1 fully saturated rings. The summed E-state index contributed by atoms with van der Waals surface area (Å²) in [6.45, 7) is 0.179. The summed E-state index contributed by atoms with van der Waals surface area (Å²) in [6.07, 6.45) is -0.214. The van der Waals surface area contributed by atoms with Gasteiger partial charge >= 0.3 is 0 Å². The number of aliphatic hydroxyl groups excluding tert-OH is 1. The Morgan fingerprint density at radius 2 is 1.92 bits per heavy atom. The monoisotopic (exact) mass is 347 g/mol. The number of hydrogen-bond acceptors (Lipinski definition) is 3. The van der Waals surface area contributed by atoms with Crippen molar-refractivity contribution in [3.05, 3.63) is 65.2 Å². The summed E-state index contributed by atoms with van der Waals surface area (Å²) in [6, 6.07) is 10.3. The van der Waals surface area contributed by atoms with Gasteiger partial charge < -0.3 is 14.7 Å². The third kappa shape index (κ3) is 3.79. The van der Waals surface area contributed by atoms with Gasteiger partial charge in [0.25, 0.3) is 0 Å². The van der Waals surface area contributed by atoms with E-state index in [0.29, 0.717) is 17.7 Å². The van der Waals surface area contributed by atoms with Gasteiger partial charge in [0, 0.05) is 6.54 Å². The zero-order valence-electron chi connectivity index (χ0n) is 13.8. The Kier molecular flexibility index (Phi) is 4.99. The molecule has 1 heterocycles. The highest BCUT2D eigenvalue weighted by molar-refractivity contribution is 5.79. The van der Waals surface area contributed by atoms with Crippen LogP contribution in [0.2, 0.25) is 0 Å². The molecule has 1 aliphatic heterocycles. The average Bonchev–Trinajstić information content (AvgIpc) is 3.00. The molecule has 1 N–H and O–H groups in total. The second kappa shape index (κ2) is 7.19. The molecule has 0 bridgehead atoms. The van der Waals surface area contributed by atoms with Crippen LogP contribution in [0.3, 0.4) is 0 Å².